The van der Waals surface area contributed by atoms with Crippen LogP contribution in [0.25, 0.3) is 0 Å². The van der Waals surface area contributed by atoms with Crippen LogP contribution in [0.4, 0.5) is 0 Å². The van der Waals surface area contributed by atoms with E-state index < -0.39 is 0 Å². The molecule has 0 aliphatic heterocycles. The van der Waals surface area contributed by atoms with Crippen LogP contribution >= 0.6 is 12.2 Å². The molecular weight excluding hydrogens is 234 g/mol. The van der Waals surface area contributed by atoms with Crippen LogP contribution in [0, 0.1) is 6.92 Å². The summed E-state index contributed by atoms with van der Waals surface area (Å²) in [5.74, 6) is 0. The average molecular weight is 247 g/mol. The first-order valence-corrected chi connectivity index (χ1v) is 5.60. The predicted octanol–water partition coefficient (Wildman–Crippen LogP) is 1.20. The molecule has 0 aliphatic carbocycles. The topological polar surface area (TPSA) is 54.8 Å². The van der Waals surface area contributed by atoms with Crippen molar-refractivity contribution in [2.24, 2.45) is 0 Å². The van der Waals surface area contributed by atoms with Gasteiger partial charge >= 0.3 is 0 Å². The molecule has 2 rings (SSSR count). The molecule has 1 aromatic carbocycles. The largest absolute Gasteiger partial charge is 0.357 e. The number of nitrogens with zero attached hydrogens (tertiary/aromatic N) is 3. The lowest BCUT2D eigenvalue weighted by Gasteiger charge is -2.10. The van der Waals surface area contributed by atoms with Crippen LogP contribution in [-0.2, 0) is 6.54 Å². The van der Waals surface area contributed by atoms with Gasteiger partial charge in [0.05, 0.1) is 0 Å². The molecule has 0 spiro atoms. The maximum absolute atomic E-state index is 5.13. The van der Waals surface area contributed by atoms with Crippen molar-refractivity contribution in [1.82, 2.24) is 20.2 Å². The predicted molar refractivity (Wildman–Crippen MR) is 70.0 cm³/mol. The number of benzene rings is 1. The van der Waals surface area contributed by atoms with E-state index in [9.17, 15) is 0 Å². The van der Waals surface area contributed by atoms with Gasteiger partial charge < -0.3 is 5.32 Å². The monoisotopic (exact) mass is 247 g/mol. The lowest BCUT2D eigenvalue weighted by atomic mass is 10.1. The standard InChI is InChI=1S/C11H13N5S/c1-9-2-4-10(5-3-9)6-12-11(17)15-16-7-13-14-8-16/h2-5,7-8H,6H2,1H3,(H2,12,15,17). The Hall–Kier alpha value is -1.95. The fourth-order valence-corrected chi connectivity index (χ4v) is 1.48. The first-order chi connectivity index (χ1) is 8.24. The molecule has 0 fully saturated rings. The number of aryl methyl sites for hydroxylation is 1. The van der Waals surface area contributed by atoms with Crippen molar-refractivity contribution in [2.75, 3.05) is 5.43 Å². The zero-order valence-electron chi connectivity index (χ0n) is 9.42. The van der Waals surface area contributed by atoms with Crippen LogP contribution < -0.4 is 10.7 Å². The summed E-state index contributed by atoms with van der Waals surface area (Å²) in [5.41, 5.74) is 5.35. The van der Waals surface area contributed by atoms with Crippen molar-refractivity contribution in [3.8, 4) is 0 Å². The van der Waals surface area contributed by atoms with E-state index in [1.807, 2.05) is 0 Å². The molecule has 0 saturated carbocycles. The molecule has 0 saturated heterocycles. The molecule has 0 bridgehead atoms. The zero-order valence-corrected chi connectivity index (χ0v) is 10.2. The van der Waals surface area contributed by atoms with Crippen LogP contribution in [0.3, 0.4) is 0 Å². The van der Waals surface area contributed by atoms with Gasteiger partial charge in [0.2, 0.25) is 0 Å². The van der Waals surface area contributed by atoms with Gasteiger partial charge in [0.15, 0.2) is 5.11 Å². The molecule has 1 aromatic heterocycles. The number of nitrogens with one attached hydrogen (secondary N) is 2. The van der Waals surface area contributed by atoms with E-state index in [0.717, 1.165) is 0 Å². The summed E-state index contributed by atoms with van der Waals surface area (Å²) in [6, 6.07) is 8.30. The van der Waals surface area contributed by atoms with Gasteiger partial charge in [0.25, 0.3) is 0 Å². The second kappa shape index (κ2) is 5.40. The maximum atomic E-state index is 5.13. The molecule has 0 radical (unpaired) electrons. The molecule has 0 amide bonds. The Balaban J connectivity index is 1.82. The van der Waals surface area contributed by atoms with Crippen molar-refractivity contribution < 1.29 is 0 Å². The van der Waals surface area contributed by atoms with Gasteiger partial charge in [-0.1, -0.05) is 29.8 Å². The van der Waals surface area contributed by atoms with E-state index in [2.05, 4.69) is 52.1 Å². The van der Waals surface area contributed by atoms with Gasteiger partial charge in [-0.2, -0.15) is 0 Å². The Kier molecular flexibility index (Phi) is 3.66. The molecule has 1 heterocycles. The second-order valence-electron chi connectivity index (χ2n) is 3.65. The van der Waals surface area contributed by atoms with Crippen LogP contribution in [0.15, 0.2) is 36.9 Å². The zero-order chi connectivity index (χ0) is 12.1. The highest BCUT2D eigenvalue weighted by atomic mass is 32.1. The van der Waals surface area contributed by atoms with Crippen LogP contribution in [-0.4, -0.2) is 20.0 Å². The minimum Gasteiger partial charge on any atom is -0.357 e. The summed E-state index contributed by atoms with van der Waals surface area (Å²) < 4.78 is 1.59. The highest BCUT2D eigenvalue weighted by molar-refractivity contribution is 7.80. The highest BCUT2D eigenvalue weighted by Crippen LogP contribution is 2.02. The van der Waals surface area contributed by atoms with Crippen molar-refractivity contribution in [2.45, 2.75) is 13.5 Å². The molecule has 88 valence electrons. The van der Waals surface area contributed by atoms with Gasteiger partial charge in [-0.15, -0.1) is 10.2 Å². The molecular formula is C11H13N5S. The Morgan fingerprint density at radius 1 is 1.24 bits per heavy atom. The Morgan fingerprint density at radius 3 is 2.53 bits per heavy atom. The number of hydrogen-bond acceptors (Lipinski definition) is 3. The molecule has 0 aliphatic rings. The van der Waals surface area contributed by atoms with Crippen LogP contribution in [0.2, 0.25) is 0 Å². The summed E-state index contributed by atoms with van der Waals surface area (Å²) in [6.07, 6.45) is 3.08. The number of hydrogen-bond donors (Lipinski definition) is 2. The summed E-state index contributed by atoms with van der Waals surface area (Å²) in [7, 11) is 0. The third-order valence-electron chi connectivity index (χ3n) is 2.22. The fourth-order valence-electron chi connectivity index (χ4n) is 1.30. The van der Waals surface area contributed by atoms with Gasteiger partial charge in [0, 0.05) is 6.54 Å². The summed E-state index contributed by atoms with van der Waals surface area (Å²) in [4.78, 5) is 0. The second-order valence-corrected chi connectivity index (χ2v) is 4.06. The first-order valence-electron chi connectivity index (χ1n) is 5.19. The van der Waals surface area contributed by atoms with Crippen molar-refractivity contribution in [3.63, 3.8) is 0 Å². The summed E-state index contributed by atoms with van der Waals surface area (Å²) in [6.45, 7) is 2.75. The minimum atomic E-state index is 0.533. The SMILES string of the molecule is Cc1ccc(CNC(=S)Nn2cnnc2)cc1. The van der Waals surface area contributed by atoms with E-state index in [4.69, 9.17) is 12.2 Å². The average Bonchev–Trinajstić information content (AvgIpc) is 2.81. The normalized spacial score (nSPS) is 9.94. The van der Waals surface area contributed by atoms with Crippen molar-refractivity contribution in [1.29, 1.82) is 0 Å². The van der Waals surface area contributed by atoms with Crippen molar-refractivity contribution in [3.05, 3.63) is 48.0 Å². The third kappa shape index (κ3) is 3.53. The van der Waals surface area contributed by atoms with E-state index in [-0.39, 0.29) is 0 Å². The molecule has 5 nitrogen and oxygen atoms in total. The molecule has 0 unspecified atom stereocenters. The van der Waals surface area contributed by atoms with Crippen molar-refractivity contribution >= 4 is 17.3 Å². The number of aromatic nitrogens is 3. The molecule has 0 atom stereocenters. The highest BCUT2D eigenvalue weighted by Gasteiger charge is 1.97. The number of rotatable bonds is 3. The first kappa shape index (κ1) is 11.5. The van der Waals surface area contributed by atoms with Crippen LogP contribution in [0.5, 0.6) is 0 Å². The molecule has 6 heteroatoms. The maximum Gasteiger partial charge on any atom is 0.186 e. The summed E-state index contributed by atoms with van der Waals surface area (Å²) in [5, 5.41) is 11.0. The number of thiocarbonyl (C=S) groups is 1. The van der Waals surface area contributed by atoms with Gasteiger partial charge in [0.1, 0.15) is 12.7 Å². The quantitative estimate of drug-likeness (QED) is 0.798. The van der Waals surface area contributed by atoms with E-state index in [0.29, 0.717) is 11.7 Å². The van der Waals surface area contributed by atoms with Gasteiger partial charge in [-0.25, -0.2) is 4.68 Å². The fraction of sp³-hybridized carbons (Fsp3) is 0.182. The van der Waals surface area contributed by atoms with Gasteiger partial charge in [-0.3, -0.25) is 5.43 Å². The van der Waals surface area contributed by atoms with E-state index in [1.54, 1.807) is 17.3 Å². The molecule has 2 N–H and O–H groups in total. The summed E-state index contributed by atoms with van der Waals surface area (Å²) >= 11 is 5.13. The smallest absolute Gasteiger partial charge is 0.186 e. The minimum absolute atomic E-state index is 0.533. The van der Waals surface area contributed by atoms with E-state index >= 15 is 0 Å². The Labute approximate surface area is 105 Å². The Morgan fingerprint density at radius 2 is 1.88 bits per heavy atom. The Bertz CT molecular complexity index is 477. The third-order valence-corrected chi connectivity index (χ3v) is 2.46. The van der Waals surface area contributed by atoms with Crippen LogP contribution in [0.1, 0.15) is 11.1 Å². The van der Waals surface area contributed by atoms with E-state index in [1.165, 1.54) is 11.1 Å². The van der Waals surface area contributed by atoms with Gasteiger partial charge in [-0.05, 0) is 24.7 Å². The molecule has 17 heavy (non-hydrogen) atoms. The molecule has 2 aromatic rings. The lowest BCUT2D eigenvalue weighted by molar-refractivity contribution is 0.883. The lowest BCUT2D eigenvalue weighted by Crippen LogP contribution is -2.32.